The predicted molar refractivity (Wildman–Crippen MR) is 53.5 cm³/mol. The van der Waals surface area contributed by atoms with Gasteiger partial charge < -0.3 is 10.2 Å². The van der Waals surface area contributed by atoms with Crippen LogP contribution in [0.1, 0.15) is 26.7 Å². The van der Waals surface area contributed by atoms with Gasteiger partial charge in [0.1, 0.15) is 0 Å². The average molecular weight is 184 g/mol. The van der Waals surface area contributed by atoms with E-state index in [1.54, 1.807) is 0 Å². The number of carbonyl (C=O) groups is 1. The van der Waals surface area contributed by atoms with Crippen molar-refractivity contribution in [3.8, 4) is 0 Å². The Morgan fingerprint density at radius 1 is 1.54 bits per heavy atom. The Balaban J connectivity index is 2.70. The van der Waals surface area contributed by atoms with Gasteiger partial charge in [-0.15, -0.1) is 0 Å². The van der Waals surface area contributed by atoms with Crippen molar-refractivity contribution in [1.82, 2.24) is 10.2 Å². The summed E-state index contributed by atoms with van der Waals surface area (Å²) in [6.45, 7) is 6.77. The van der Waals surface area contributed by atoms with Gasteiger partial charge in [-0.25, -0.2) is 0 Å². The SMILES string of the molecule is CCN(C)C(=O)C1(CC)CCNC1. The van der Waals surface area contributed by atoms with Gasteiger partial charge in [0.25, 0.3) is 0 Å². The second-order valence-electron chi connectivity index (χ2n) is 3.88. The Hall–Kier alpha value is -0.570. The minimum atomic E-state index is -0.106. The highest BCUT2D eigenvalue weighted by molar-refractivity contribution is 5.83. The van der Waals surface area contributed by atoms with Crippen molar-refractivity contribution in [2.75, 3.05) is 26.7 Å². The van der Waals surface area contributed by atoms with Crippen molar-refractivity contribution in [2.45, 2.75) is 26.7 Å². The van der Waals surface area contributed by atoms with E-state index in [0.29, 0.717) is 5.91 Å². The molecule has 1 fully saturated rings. The molecule has 1 aliphatic rings. The van der Waals surface area contributed by atoms with Crippen LogP contribution in [-0.4, -0.2) is 37.5 Å². The second kappa shape index (κ2) is 4.09. The highest BCUT2D eigenvalue weighted by atomic mass is 16.2. The first-order chi connectivity index (χ1) is 6.16. The molecule has 76 valence electrons. The Morgan fingerprint density at radius 3 is 2.62 bits per heavy atom. The first kappa shape index (κ1) is 10.5. The lowest BCUT2D eigenvalue weighted by Gasteiger charge is -2.30. The lowest BCUT2D eigenvalue weighted by molar-refractivity contribution is -0.139. The quantitative estimate of drug-likeness (QED) is 0.705. The third-order valence-corrected chi connectivity index (χ3v) is 3.20. The zero-order valence-electron chi connectivity index (χ0n) is 8.89. The van der Waals surface area contributed by atoms with E-state index in [0.717, 1.165) is 32.5 Å². The van der Waals surface area contributed by atoms with Crippen LogP contribution >= 0.6 is 0 Å². The Bertz CT molecular complexity index is 185. The fraction of sp³-hybridized carbons (Fsp3) is 0.900. The summed E-state index contributed by atoms with van der Waals surface area (Å²) in [5, 5.41) is 3.28. The number of hydrogen-bond acceptors (Lipinski definition) is 2. The van der Waals surface area contributed by atoms with Crippen LogP contribution < -0.4 is 5.32 Å². The fourth-order valence-corrected chi connectivity index (χ4v) is 1.93. The molecule has 0 aromatic rings. The predicted octanol–water partition coefficient (Wildman–Crippen LogP) is 0.854. The van der Waals surface area contributed by atoms with E-state index in [1.165, 1.54) is 0 Å². The smallest absolute Gasteiger partial charge is 0.229 e. The number of rotatable bonds is 3. The number of amides is 1. The Morgan fingerprint density at radius 2 is 2.23 bits per heavy atom. The summed E-state index contributed by atoms with van der Waals surface area (Å²) in [4.78, 5) is 13.8. The summed E-state index contributed by atoms with van der Waals surface area (Å²) in [5.74, 6) is 0.308. The van der Waals surface area contributed by atoms with Crippen LogP contribution in [0.4, 0.5) is 0 Å². The van der Waals surface area contributed by atoms with Gasteiger partial charge in [0.15, 0.2) is 0 Å². The Labute approximate surface area is 80.5 Å². The molecule has 1 heterocycles. The zero-order chi connectivity index (χ0) is 9.90. The molecule has 0 spiro atoms. The molecule has 1 amide bonds. The molecule has 0 aliphatic carbocycles. The van der Waals surface area contributed by atoms with E-state index in [1.807, 2.05) is 18.9 Å². The van der Waals surface area contributed by atoms with Gasteiger partial charge in [0.05, 0.1) is 5.41 Å². The first-order valence-corrected chi connectivity index (χ1v) is 5.12. The van der Waals surface area contributed by atoms with Gasteiger partial charge in [-0.1, -0.05) is 6.92 Å². The maximum Gasteiger partial charge on any atom is 0.229 e. The monoisotopic (exact) mass is 184 g/mol. The third kappa shape index (κ3) is 1.85. The van der Waals surface area contributed by atoms with Crippen LogP contribution in [-0.2, 0) is 4.79 Å². The number of hydrogen-bond donors (Lipinski definition) is 1. The van der Waals surface area contributed by atoms with E-state index >= 15 is 0 Å². The number of nitrogens with zero attached hydrogens (tertiary/aromatic N) is 1. The molecule has 1 atom stereocenters. The maximum absolute atomic E-state index is 12.0. The number of carbonyl (C=O) groups excluding carboxylic acids is 1. The minimum absolute atomic E-state index is 0.106. The van der Waals surface area contributed by atoms with E-state index < -0.39 is 0 Å². The van der Waals surface area contributed by atoms with Gasteiger partial charge in [-0.2, -0.15) is 0 Å². The summed E-state index contributed by atoms with van der Waals surface area (Å²) in [6, 6.07) is 0. The molecule has 0 aromatic heterocycles. The van der Waals surface area contributed by atoms with E-state index in [9.17, 15) is 4.79 Å². The van der Waals surface area contributed by atoms with Crippen molar-refractivity contribution in [1.29, 1.82) is 0 Å². The molecule has 1 aliphatic heterocycles. The van der Waals surface area contributed by atoms with Crippen LogP contribution in [0.15, 0.2) is 0 Å². The van der Waals surface area contributed by atoms with Gasteiger partial charge >= 0.3 is 0 Å². The van der Waals surface area contributed by atoms with E-state index in [2.05, 4.69) is 12.2 Å². The van der Waals surface area contributed by atoms with Crippen molar-refractivity contribution in [3.05, 3.63) is 0 Å². The maximum atomic E-state index is 12.0. The van der Waals surface area contributed by atoms with E-state index in [-0.39, 0.29) is 5.41 Å². The van der Waals surface area contributed by atoms with Gasteiger partial charge in [-0.3, -0.25) is 4.79 Å². The average Bonchev–Trinajstić information content (AvgIpc) is 2.65. The van der Waals surface area contributed by atoms with Gasteiger partial charge in [0, 0.05) is 20.1 Å². The molecular weight excluding hydrogens is 164 g/mol. The summed E-state index contributed by atoms with van der Waals surface area (Å²) in [7, 11) is 1.89. The molecule has 0 aromatic carbocycles. The molecule has 3 heteroatoms. The van der Waals surface area contributed by atoms with Gasteiger partial charge in [0.2, 0.25) is 5.91 Å². The van der Waals surface area contributed by atoms with Crippen molar-refractivity contribution >= 4 is 5.91 Å². The zero-order valence-corrected chi connectivity index (χ0v) is 8.89. The molecule has 1 N–H and O–H groups in total. The van der Waals surface area contributed by atoms with Crippen molar-refractivity contribution < 1.29 is 4.79 Å². The molecule has 3 nitrogen and oxygen atoms in total. The van der Waals surface area contributed by atoms with Crippen LogP contribution in [0, 0.1) is 5.41 Å². The molecule has 0 saturated carbocycles. The van der Waals surface area contributed by atoms with Crippen LogP contribution in [0.3, 0.4) is 0 Å². The van der Waals surface area contributed by atoms with Gasteiger partial charge in [-0.05, 0) is 26.3 Å². The molecule has 1 saturated heterocycles. The minimum Gasteiger partial charge on any atom is -0.346 e. The summed E-state index contributed by atoms with van der Waals surface area (Å²) >= 11 is 0. The highest BCUT2D eigenvalue weighted by Gasteiger charge is 2.40. The number of nitrogens with one attached hydrogen (secondary N) is 1. The van der Waals surface area contributed by atoms with Crippen molar-refractivity contribution in [3.63, 3.8) is 0 Å². The molecular formula is C10H20N2O. The second-order valence-corrected chi connectivity index (χ2v) is 3.88. The summed E-state index contributed by atoms with van der Waals surface area (Å²) in [6.07, 6.45) is 1.94. The first-order valence-electron chi connectivity index (χ1n) is 5.12. The molecule has 1 unspecified atom stereocenters. The Kier molecular flexibility index (Phi) is 3.31. The molecule has 1 rings (SSSR count). The lowest BCUT2D eigenvalue weighted by Crippen LogP contribution is -2.43. The van der Waals surface area contributed by atoms with Crippen molar-refractivity contribution in [2.24, 2.45) is 5.41 Å². The van der Waals surface area contributed by atoms with Crippen LogP contribution in [0.2, 0.25) is 0 Å². The standard InChI is InChI=1S/C10H20N2O/c1-4-10(6-7-11-8-10)9(13)12(3)5-2/h11H,4-8H2,1-3H3. The normalized spacial score (nSPS) is 27.6. The fourth-order valence-electron chi connectivity index (χ4n) is 1.93. The molecule has 13 heavy (non-hydrogen) atoms. The third-order valence-electron chi connectivity index (χ3n) is 3.20. The lowest BCUT2D eigenvalue weighted by atomic mass is 9.83. The molecule has 0 bridgehead atoms. The molecule has 0 radical (unpaired) electrons. The summed E-state index contributed by atoms with van der Waals surface area (Å²) < 4.78 is 0. The largest absolute Gasteiger partial charge is 0.346 e. The van der Waals surface area contributed by atoms with E-state index in [4.69, 9.17) is 0 Å². The topological polar surface area (TPSA) is 32.3 Å². The van der Waals surface area contributed by atoms with Crippen LogP contribution in [0.25, 0.3) is 0 Å². The highest BCUT2D eigenvalue weighted by Crippen LogP contribution is 2.31. The van der Waals surface area contributed by atoms with Crippen LogP contribution in [0.5, 0.6) is 0 Å². The summed E-state index contributed by atoms with van der Waals surface area (Å²) in [5.41, 5.74) is -0.106.